The first-order chi connectivity index (χ1) is 15.0. The molecule has 1 N–H and O–H groups in total. The molecule has 0 bridgehead atoms. The molecule has 4 rings (SSSR count). The zero-order valence-electron chi connectivity index (χ0n) is 18.0. The zero-order valence-corrected chi connectivity index (χ0v) is 18.0. The third kappa shape index (κ3) is 5.00. The first-order valence-electron chi connectivity index (χ1n) is 10.6. The number of nitrogens with one attached hydrogen (secondary N) is 1. The van der Waals surface area contributed by atoms with Crippen LogP contribution in [0.5, 0.6) is 0 Å². The lowest BCUT2D eigenvalue weighted by atomic mass is 10.0. The van der Waals surface area contributed by atoms with Crippen LogP contribution in [0.3, 0.4) is 0 Å². The van der Waals surface area contributed by atoms with E-state index in [0.717, 1.165) is 24.2 Å². The van der Waals surface area contributed by atoms with Crippen molar-refractivity contribution < 1.29 is 9.53 Å². The summed E-state index contributed by atoms with van der Waals surface area (Å²) in [7, 11) is 0. The highest BCUT2D eigenvalue weighted by molar-refractivity contribution is 5.81. The van der Waals surface area contributed by atoms with Gasteiger partial charge in [-0.25, -0.2) is 4.98 Å². The Balaban J connectivity index is 1.53. The van der Waals surface area contributed by atoms with Gasteiger partial charge in [0.25, 0.3) is 5.56 Å². The van der Waals surface area contributed by atoms with Gasteiger partial charge in [-0.1, -0.05) is 42.0 Å². The van der Waals surface area contributed by atoms with Crippen molar-refractivity contribution in [3.05, 3.63) is 75.8 Å². The van der Waals surface area contributed by atoms with Gasteiger partial charge in [0.2, 0.25) is 5.91 Å². The Kier molecular flexibility index (Phi) is 6.44. The normalized spacial score (nSPS) is 15.7. The van der Waals surface area contributed by atoms with Crippen LogP contribution in [-0.4, -0.2) is 53.2 Å². The minimum absolute atomic E-state index is 0.0683. The number of para-hydroxylation sites is 1. The number of carbonyl (C=O) groups is 1. The highest BCUT2D eigenvalue weighted by Crippen LogP contribution is 2.17. The van der Waals surface area contributed by atoms with E-state index in [1.807, 2.05) is 50.2 Å². The van der Waals surface area contributed by atoms with Crippen LogP contribution in [0.2, 0.25) is 0 Å². The average molecular weight is 421 g/mol. The van der Waals surface area contributed by atoms with Crippen LogP contribution < -0.4 is 10.9 Å². The molecule has 1 aromatic heterocycles. The minimum atomic E-state index is -0.213. The standard InChI is InChI=1S/C24H28N4O3/c1-17-6-8-19(9-7-17)21(14-27-10-12-31-13-11-27)26-22(29)15-28-16-25-23-18(2)4-3-5-20(23)24(28)30/h3-9,16,21H,10-15H2,1-2H3,(H,26,29). The van der Waals surface area contributed by atoms with Gasteiger partial charge in [-0.05, 0) is 31.0 Å². The molecule has 1 amide bonds. The summed E-state index contributed by atoms with van der Waals surface area (Å²) in [5, 5.41) is 3.65. The van der Waals surface area contributed by atoms with Crippen LogP contribution in [0.25, 0.3) is 10.9 Å². The summed E-state index contributed by atoms with van der Waals surface area (Å²) in [6, 6.07) is 13.5. The van der Waals surface area contributed by atoms with E-state index in [1.54, 1.807) is 6.07 Å². The van der Waals surface area contributed by atoms with Gasteiger partial charge in [0.15, 0.2) is 0 Å². The van der Waals surface area contributed by atoms with E-state index in [2.05, 4.69) is 15.2 Å². The number of benzene rings is 2. The molecule has 162 valence electrons. The number of hydrogen-bond donors (Lipinski definition) is 1. The van der Waals surface area contributed by atoms with E-state index in [0.29, 0.717) is 30.7 Å². The van der Waals surface area contributed by atoms with Gasteiger partial charge < -0.3 is 10.1 Å². The summed E-state index contributed by atoms with van der Waals surface area (Å²) in [5.41, 5.74) is 3.63. The third-order valence-electron chi connectivity index (χ3n) is 5.73. The van der Waals surface area contributed by atoms with E-state index >= 15 is 0 Å². The highest BCUT2D eigenvalue weighted by atomic mass is 16.5. The molecule has 1 aliphatic heterocycles. The molecule has 0 aliphatic carbocycles. The van der Waals surface area contributed by atoms with Crippen LogP contribution >= 0.6 is 0 Å². The van der Waals surface area contributed by atoms with Gasteiger partial charge in [0, 0.05) is 19.6 Å². The number of nitrogens with zero attached hydrogens (tertiary/aromatic N) is 3. The third-order valence-corrected chi connectivity index (χ3v) is 5.73. The Morgan fingerprint density at radius 1 is 1.13 bits per heavy atom. The summed E-state index contributed by atoms with van der Waals surface area (Å²) < 4.78 is 6.82. The number of aromatic nitrogens is 2. The summed E-state index contributed by atoms with van der Waals surface area (Å²) in [4.78, 5) is 32.5. The molecule has 0 radical (unpaired) electrons. The zero-order chi connectivity index (χ0) is 21.8. The molecule has 31 heavy (non-hydrogen) atoms. The van der Waals surface area contributed by atoms with Gasteiger partial charge in [0.05, 0.1) is 36.5 Å². The van der Waals surface area contributed by atoms with Crippen molar-refractivity contribution in [1.29, 1.82) is 0 Å². The summed E-state index contributed by atoms with van der Waals surface area (Å²) in [5.74, 6) is -0.213. The Labute approximate surface area is 181 Å². The van der Waals surface area contributed by atoms with Gasteiger partial charge in [0.1, 0.15) is 6.54 Å². The molecular formula is C24H28N4O3. The molecule has 1 unspecified atom stereocenters. The molecule has 7 nitrogen and oxygen atoms in total. The first kappa shape index (κ1) is 21.2. The lowest BCUT2D eigenvalue weighted by Gasteiger charge is -2.31. The van der Waals surface area contributed by atoms with Crippen molar-refractivity contribution in [3.8, 4) is 0 Å². The fourth-order valence-corrected chi connectivity index (χ4v) is 3.92. The Bertz CT molecular complexity index is 1120. The maximum atomic E-state index is 12.9. The van der Waals surface area contributed by atoms with Gasteiger partial charge >= 0.3 is 0 Å². The summed E-state index contributed by atoms with van der Waals surface area (Å²) in [6.07, 6.45) is 1.46. The average Bonchev–Trinajstić information content (AvgIpc) is 2.77. The fraction of sp³-hybridized carbons (Fsp3) is 0.375. The summed E-state index contributed by atoms with van der Waals surface area (Å²) >= 11 is 0. The quantitative estimate of drug-likeness (QED) is 0.662. The second-order valence-corrected chi connectivity index (χ2v) is 8.09. The van der Waals surface area contributed by atoms with E-state index in [4.69, 9.17) is 4.74 Å². The van der Waals surface area contributed by atoms with Crippen LogP contribution in [-0.2, 0) is 16.1 Å². The van der Waals surface area contributed by atoms with Gasteiger partial charge in [-0.2, -0.15) is 0 Å². The monoisotopic (exact) mass is 420 g/mol. The highest BCUT2D eigenvalue weighted by Gasteiger charge is 2.21. The molecule has 2 heterocycles. The Morgan fingerprint density at radius 3 is 2.61 bits per heavy atom. The smallest absolute Gasteiger partial charge is 0.261 e. The molecule has 1 aliphatic rings. The predicted molar refractivity (Wildman–Crippen MR) is 120 cm³/mol. The number of aryl methyl sites for hydroxylation is 2. The molecule has 1 atom stereocenters. The van der Waals surface area contributed by atoms with Crippen molar-refractivity contribution in [2.24, 2.45) is 0 Å². The largest absolute Gasteiger partial charge is 0.379 e. The maximum Gasteiger partial charge on any atom is 0.261 e. The number of morpholine rings is 1. The molecule has 1 fully saturated rings. The van der Waals surface area contributed by atoms with Crippen LogP contribution in [0.4, 0.5) is 0 Å². The van der Waals surface area contributed by atoms with Gasteiger partial charge in [-0.15, -0.1) is 0 Å². The van der Waals surface area contributed by atoms with E-state index in [-0.39, 0.29) is 24.1 Å². The van der Waals surface area contributed by atoms with Crippen molar-refractivity contribution >= 4 is 16.8 Å². The topological polar surface area (TPSA) is 76.5 Å². The number of carbonyl (C=O) groups excluding carboxylic acids is 1. The molecule has 3 aromatic rings. The molecule has 7 heteroatoms. The lowest BCUT2D eigenvalue weighted by molar-refractivity contribution is -0.122. The number of ether oxygens (including phenoxy) is 1. The molecule has 2 aromatic carbocycles. The summed E-state index contributed by atoms with van der Waals surface area (Å²) in [6.45, 7) is 7.67. The second-order valence-electron chi connectivity index (χ2n) is 8.09. The van der Waals surface area contributed by atoms with Crippen molar-refractivity contribution in [2.45, 2.75) is 26.4 Å². The van der Waals surface area contributed by atoms with E-state index in [1.165, 1.54) is 16.5 Å². The second kappa shape index (κ2) is 9.41. The van der Waals surface area contributed by atoms with Gasteiger partial charge in [-0.3, -0.25) is 19.1 Å². The first-order valence-corrected chi connectivity index (χ1v) is 10.6. The molecule has 0 saturated carbocycles. The van der Waals surface area contributed by atoms with Crippen LogP contribution in [0.1, 0.15) is 22.7 Å². The Hall–Kier alpha value is -3.03. The SMILES string of the molecule is Cc1ccc(C(CN2CCOCC2)NC(=O)Cn2cnc3c(C)cccc3c2=O)cc1. The minimum Gasteiger partial charge on any atom is -0.379 e. The fourth-order valence-electron chi connectivity index (χ4n) is 3.92. The lowest BCUT2D eigenvalue weighted by Crippen LogP contribution is -2.44. The molecular weight excluding hydrogens is 392 g/mol. The van der Waals surface area contributed by atoms with E-state index in [9.17, 15) is 9.59 Å². The van der Waals surface area contributed by atoms with Crippen molar-refractivity contribution in [3.63, 3.8) is 0 Å². The van der Waals surface area contributed by atoms with Crippen LogP contribution in [0, 0.1) is 13.8 Å². The van der Waals surface area contributed by atoms with E-state index < -0.39 is 0 Å². The van der Waals surface area contributed by atoms with Crippen molar-refractivity contribution in [2.75, 3.05) is 32.8 Å². The number of hydrogen-bond acceptors (Lipinski definition) is 5. The number of fused-ring (bicyclic) bond motifs is 1. The number of amides is 1. The molecule has 1 saturated heterocycles. The predicted octanol–water partition coefficient (Wildman–Crippen LogP) is 2.20. The Morgan fingerprint density at radius 2 is 1.87 bits per heavy atom. The maximum absolute atomic E-state index is 12.9. The van der Waals surface area contributed by atoms with Crippen LogP contribution in [0.15, 0.2) is 53.6 Å². The molecule has 0 spiro atoms. The number of rotatable bonds is 6. The van der Waals surface area contributed by atoms with Crippen molar-refractivity contribution in [1.82, 2.24) is 19.8 Å².